The molecule has 0 aromatic heterocycles. The number of hydrogen-bond acceptors (Lipinski definition) is 3. The average Bonchev–Trinajstić information content (AvgIpc) is 2.39. The van der Waals surface area contributed by atoms with Crippen molar-refractivity contribution in [2.75, 3.05) is 5.32 Å². The van der Waals surface area contributed by atoms with Crippen molar-refractivity contribution in [2.45, 2.75) is 32.7 Å². The van der Waals surface area contributed by atoms with E-state index in [0.29, 0.717) is 12.1 Å². The standard InChI is InChI=1S/C14H18N2O4/c1-3-10(8-12(17)18)15-13(19)14(20)16-11-6-4-9(2)5-7-11/h4-7,10H,3,8H2,1-2H3,(H,15,19)(H,16,20)(H,17,18). The molecule has 0 saturated heterocycles. The molecule has 1 aromatic carbocycles. The van der Waals surface area contributed by atoms with Crippen LogP contribution in [0.15, 0.2) is 24.3 Å². The van der Waals surface area contributed by atoms with E-state index >= 15 is 0 Å². The molecule has 0 radical (unpaired) electrons. The van der Waals surface area contributed by atoms with Gasteiger partial charge in [0.2, 0.25) is 0 Å². The van der Waals surface area contributed by atoms with Crippen LogP contribution in [0.3, 0.4) is 0 Å². The van der Waals surface area contributed by atoms with Gasteiger partial charge in [-0.1, -0.05) is 24.6 Å². The zero-order valence-electron chi connectivity index (χ0n) is 11.5. The van der Waals surface area contributed by atoms with Crippen molar-refractivity contribution in [3.8, 4) is 0 Å². The molecule has 0 heterocycles. The van der Waals surface area contributed by atoms with E-state index in [1.807, 2.05) is 19.1 Å². The molecule has 0 bridgehead atoms. The van der Waals surface area contributed by atoms with E-state index < -0.39 is 23.8 Å². The van der Waals surface area contributed by atoms with Gasteiger partial charge in [-0.3, -0.25) is 14.4 Å². The number of aryl methyl sites for hydroxylation is 1. The van der Waals surface area contributed by atoms with E-state index in [1.54, 1.807) is 19.1 Å². The van der Waals surface area contributed by atoms with Gasteiger partial charge in [-0.05, 0) is 25.5 Å². The van der Waals surface area contributed by atoms with Gasteiger partial charge in [0.1, 0.15) is 0 Å². The summed E-state index contributed by atoms with van der Waals surface area (Å²) in [6.07, 6.45) is 0.232. The quantitative estimate of drug-likeness (QED) is 0.707. The largest absolute Gasteiger partial charge is 0.481 e. The third kappa shape index (κ3) is 5.09. The van der Waals surface area contributed by atoms with Crippen molar-refractivity contribution in [3.63, 3.8) is 0 Å². The predicted octanol–water partition coefficient (Wildman–Crippen LogP) is 1.30. The highest BCUT2D eigenvalue weighted by molar-refractivity contribution is 6.39. The molecular formula is C14H18N2O4. The first-order valence-electron chi connectivity index (χ1n) is 6.32. The third-order valence-electron chi connectivity index (χ3n) is 2.76. The van der Waals surface area contributed by atoms with Crippen LogP contribution in [0.2, 0.25) is 0 Å². The normalized spacial score (nSPS) is 11.5. The van der Waals surface area contributed by atoms with Crippen molar-refractivity contribution in [3.05, 3.63) is 29.8 Å². The Morgan fingerprint density at radius 1 is 1.15 bits per heavy atom. The Bertz CT molecular complexity index is 496. The molecule has 20 heavy (non-hydrogen) atoms. The monoisotopic (exact) mass is 278 g/mol. The number of nitrogens with one attached hydrogen (secondary N) is 2. The maximum absolute atomic E-state index is 11.7. The molecule has 1 atom stereocenters. The molecule has 0 saturated carbocycles. The first kappa shape index (κ1) is 15.7. The van der Waals surface area contributed by atoms with Crippen LogP contribution < -0.4 is 10.6 Å². The zero-order chi connectivity index (χ0) is 15.1. The Labute approximate surface area is 117 Å². The third-order valence-corrected chi connectivity index (χ3v) is 2.76. The number of carbonyl (C=O) groups excluding carboxylic acids is 2. The summed E-state index contributed by atoms with van der Waals surface area (Å²) < 4.78 is 0. The van der Waals surface area contributed by atoms with Gasteiger partial charge in [0.15, 0.2) is 0 Å². The van der Waals surface area contributed by atoms with Crippen molar-refractivity contribution in [1.82, 2.24) is 5.32 Å². The number of carbonyl (C=O) groups is 3. The summed E-state index contributed by atoms with van der Waals surface area (Å²) in [6.45, 7) is 3.65. The summed E-state index contributed by atoms with van der Waals surface area (Å²) >= 11 is 0. The second-order valence-electron chi connectivity index (χ2n) is 4.50. The molecule has 108 valence electrons. The van der Waals surface area contributed by atoms with Gasteiger partial charge in [0.25, 0.3) is 0 Å². The number of carboxylic acid groups (broad SMARTS) is 1. The van der Waals surface area contributed by atoms with Crippen LogP contribution in [0.4, 0.5) is 5.69 Å². The number of anilines is 1. The van der Waals surface area contributed by atoms with E-state index in [-0.39, 0.29) is 6.42 Å². The van der Waals surface area contributed by atoms with Gasteiger partial charge in [0.05, 0.1) is 6.42 Å². The van der Waals surface area contributed by atoms with Crippen LogP contribution in [0, 0.1) is 6.92 Å². The fourth-order valence-corrected chi connectivity index (χ4v) is 1.58. The fraction of sp³-hybridized carbons (Fsp3) is 0.357. The highest BCUT2D eigenvalue weighted by Crippen LogP contribution is 2.08. The van der Waals surface area contributed by atoms with E-state index in [1.165, 1.54) is 0 Å². The number of hydrogen-bond donors (Lipinski definition) is 3. The summed E-state index contributed by atoms with van der Waals surface area (Å²) in [6, 6.07) is 6.45. The molecule has 0 fully saturated rings. The minimum Gasteiger partial charge on any atom is -0.481 e. The van der Waals surface area contributed by atoms with Gasteiger partial charge in [-0.15, -0.1) is 0 Å². The van der Waals surface area contributed by atoms with Gasteiger partial charge in [-0.2, -0.15) is 0 Å². The Morgan fingerprint density at radius 3 is 2.25 bits per heavy atom. The summed E-state index contributed by atoms with van der Waals surface area (Å²) in [5, 5.41) is 13.5. The summed E-state index contributed by atoms with van der Waals surface area (Å²) in [5.74, 6) is -2.66. The van der Waals surface area contributed by atoms with Crippen LogP contribution in [0.1, 0.15) is 25.3 Å². The summed E-state index contributed by atoms with van der Waals surface area (Å²) in [5.41, 5.74) is 1.56. The predicted molar refractivity (Wildman–Crippen MR) is 74.3 cm³/mol. The molecular weight excluding hydrogens is 260 g/mol. The minimum atomic E-state index is -1.02. The van der Waals surface area contributed by atoms with Crippen molar-refractivity contribution < 1.29 is 19.5 Å². The second-order valence-corrected chi connectivity index (χ2v) is 4.50. The number of rotatable bonds is 5. The molecule has 0 aliphatic heterocycles. The molecule has 0 aliphatic carbocycles. The first-order chi connectivity index (χ1) is 9.42. The van der Waals surface area contributed by atoms with Crippen molar-refractivity contribution in [2.24, 2.45) is 0 Å². The van der Waals surface area contributed by atoms with Crippen LogP contribution in [0.5, 0.6) is 0 Å². The topological polar surface area (TPSA) is 95.5 Å². The Kier molecular flexibility index (Phi) is 5.71. The maximum atomic E-state index is 11.7. The van der Waals surface area contributed by atoms with Gasteiger partial charge in [-0.25, -0.2) is 0 Å². The van der Waals surface area contributed by atoms with E-state index in [9.17, 15) is 14.4 Å². The lowest BCUT2D eigenvalue weighted by Crippen LogP contribution is -2.42. The maximum Gasteiger partial charge on any atom is 0.313 e. The van der Waals surface area contributed by atoms with Crippen molar-refractivity contribution in [1.29, 1.82) is 0 Å². The first-order valence-corrected chi connectivity index (χ1v) is 6.32. The van der Waals surface area contributed by atoms with Gasteiger partial charge < -0.3 is 15.7 Å². The van der Waals surface area contributed by atoms with Crippen molar-refractivity contribution >= 4 is 23.5 Å². The Morgan fingerprint density at radius 2 is 1.75 bits per heavy atom. The second kappa shape index (κ2) is 7.28. The van der Waals surface area contributed by atoms with Gasteiger partial charge >= 0.3 is 17.8 Å². The van der Waals surface area contributed by atoms with Crippen LogP contribution >= 0.6 is 0 Å². The van der Waals surface area contributed by atoms with E-state index in [4.69, 9.17) is 5.11 Å². The lowest BCUT2D eigenvalue weighted by molar-refractivity contribution is -0.139. The summed E-state index contributed by atoms with van der Waals surface area (Å²) in [7, 11) is 0. The summed E-state index contributed by atoms with van der Waals surface area (Å²) in [4.78, 5) is 33.9. The zero-order valence-corrected chi connectivity index (χ0v) is 11.5. The highest BCUT2D eigenvalue weighted by Gasteiger charge is 2.19. The Balaban J connectivity index is 2.56. The molecule has 0 spiro atoms. The van der Waals surface area contributed by atoms with E-state index in [0.717, 1.165) is 5.56 Å². The molecule has 6 heteroatoms. The number of aliphatic carboxylic acids is 1. The number of benzene rings is 1. The molecule has 6 nitrogen and oxygen atoms in total. The SMILES string of the molecule is CCC(CC(=O)O)NC(=O)C(=O)Nc1ccc(C)cc1. The van der Waals surface area contributed by atoms with Crippen LogP contribution in [-0.2, 0) is 14.4 Å². The lowest BCUT2D eigenvalue weighted by Gasteiger charge is -2.14. The molecule has 1 rings (SSSR count). The Hall–Kier alpha value is -2.37. The average molecular weight is 278 g/mol. The lowest BCUT2D eigenvalue weighted by atomic mass is 10.1. The smallest absolute Gasteiger partial charge is 0.313 e. The van der Waals surface area contributed by atoms with Crippen LogP contribution in [0.25, 0.3) is 0 Å². The molecule has 0 aliphatic rings. The highest BCUT2D eigenvalue weighted by atomic mass is 16.4. The minimum absolute atomic E-state index is 0.208. The van der Waals surface area contributed by atoms with E-state index in [2.05, 4.69) is 10.6 Å². The van der Waals surface area contributed by atoms with Crippen LogP contribution in [-0.4, -0.2) is 28.9 Å². The van der Waals surface area contributed by atoms with Gasteiger partial charge in [0, 0.05) is 11.7 Å². The molecule has 3 N–H and O–H groups in total. The number of carboxylic acids is 1. The molecule has 1 unspecified atom stereocenters. The number of amides is 2. The fourth-order valence-electron chi connectivity index (χ4n) is 1.58. The molecule has 1 aromatic rings. The molecule has 2 amide bonds.